The van der Waals surface area contributed by atoms with Crippen molar-refractivity contribution in [3.63, 3.8) is 0 Å². The Morgan fingerprint density at radius 3 is 2.59 bits per heavy atom. The Morgan fingerprint density at radius 1 is 1.08 bits per heavy atom. The van der Waals surface area contributed by atoms with Crippen molar-refractivity contribution < 1.29 is 19.4 Å². The lowest BCUT2D eigenvalue weighted by molar-refractivity contribution is 0.0218. The molecule has 0 radical (unpaired) electrons. The molecule has 13 nitrogen and oxygen atoms in total. The van der Waals surface area contributed by atoms with Crippen molar-refractivity contribution in [2.45, 2.75) is 79.2 Å². The third kappa shape index (κ3) is 6.69. The second-order valence-corrected chi connectivity index (χ2v) is 15.6. The number of fused-ring (bicyclic) bond motifs is 3. The van der Waals surface area contributed by atoms with Gasteiger partial charge in [0.05, 0.1) is 18.5 Å². The number of ether oxygens (including phenoxy) is 1. The van der Waals surface area contributed by atoms with Crippen molar-refractivity contribution in [2.24, 2.45) is 5.41 Å². The second-order valence-electron chi connectivity index (χ2n) is 15.6. The van der Waals surface area contributed by atoms with E-state index in [0.717, 1.165) is 18.5 Å². The molecule has 1 saturated heterocycles. The number of anilines is 4. The average Bonchev–Trinajstić information content (AvgIpc) is 3.57. The summed E-state index contributed by atoms with van der Waals surface area (Å²) in [4.78, 5) is 56.9. The maximum absolute atomic E-state index is 13.8. The number of hydrogen-bond donors (Lipinski definition) is 3. The molecule has 2 aliphatic heterocycles. The number of carbonyl (C=O) groups excluding carboxylic acids is 2. The Bertz CT molecular complexity index is 2040. The molecule has 0 aromatic carbocycles. The highest BCUT2D eigenvalue weighted by molar-refractivity contribution is 6.06. The Labute approximate surface area is 297 Å². The molecule has 2 amide bonds. The van der Waals surface area contributed by atoms with Crippen LogP contribution < -0.4 is 20.7 Å². The van der Waals surface area contributed by atoms with Crippen molar-refractivity contribution >= 4 is 35.0 Å². The SMILES string of the molecule is C[C@H]1CN(C(=O)OC(C)(C)C)CCN1c1ccc(Nc2cc(-c3ccnc(N4CCn5c(cc6c5CC(C)(C)C6)C4=O)c3CO)c[nH]c2=O)nc1. The van der Waals surface area contributed by atoms with Gasteiger partial charge in [0.25, 0.3) is 11.5 Å². The lowest BCUT2D eigenvalue weighted by Crippen LogP contribution is -2.54. The molecule has 3 aliphatic rings. The molecule has 13 heteroatoms. The minimum atomic E-state index is -0.548. The van der Waals surface area contributed by atoms with Crippen LogP contribution in [0.25, 0.3) is 11.1 Å². The fourth-order valence-electron chi connectivity index (χ4n) is 7.59. The summed E-state index contributed by atoms with van der Waals surface area (Å²) >= 11 is 0. The van der Waals surface area contributed by atoms with E-state index in [4.69, 9.17) is 4.74 Å². The van der Waals surface area contributed by atoms with Crippen LogP contribution in [-0.4, -0.2) is 79.3 Å². The molecule has 3 N–H and O–H groups in total. The monoisotopic (exact) mass is 694 g/mol. The Kier molecular flexibility index (Phi) is 8.65. The molecular weight excluding hydrogens is 648 g/mol. The van der Waals surface area contributed by atoms with Gasteiger partial charge in [-0.25, -0.2) is 14.8 Å². The molecular formula is C38H46N8O5. The molecule has 4 aromatic heterocycles. The Balaban J connectivity index is 1.08. The first kappa shape index (κ1) is 34.3. The van der Waals surface area contributed by atoms with Gasteiger partial charge in [-0.05, 0) is 87.4 Å². The highest BCUT2D eigenvalue weighted by Gasteiger charge is 2.37. The van der Waals surface area contributed by atoms with Crippen LogP contribution in [0.2, 0.25) is 0 Å². The molecule has 0 unspecified atom stereocenters. The van der Waals surface area contributed by atoms with Crippen LogP contribution in [0.15, 0.2) is 53.7 Å². The standard InChI is InChI=1S/C38H46N8O5/c1-23-21-43(36(50)51-37(2,3)4)11-12-44(23)26-7-8-32(40-20-26)42-29-15-25(19-41-34(29)48)27-9-10-39-33(28(27)22-47)46-14-13-45-30(35(46)49)16-24-17-38(5,6)18-31(24)45/h7-10,15-16,19-20,23,47H,11-14,17-18,21-22H2,1-6H3,(H,40,42)(H,41,48)/t23-/m0/s1. The number of amides is 2. The van der Waals surface area contributed by atoms with Gasteiger partial charge in [-0.3, -0.25) is 14.5 Å². The first-order chi connectivity index (χ1) is 24.2. The quantitative estimate of drug-likeness (QED) is 0.251. The summed E-state index contributed by atoms with van der Waals surface area (Å²) in [5, 5.41) is 13.8. The van der Waals surface area contributed by atoms with E-state index in [1.54, 1.807) is 40.5 Å². The first-order valence-corrected chi connectivity index (χ1v) is 17.5. The van der Waals surface area contributed by atoms with Gasteiger partial charge >= 0.3 is 6.09 Å². The number of carbonyl (C=O) groups is 2. The number of nitrogens with one attached hydrogen (secondary N) is 2. The van der Waals surface area contributed by atoms with Crippen LogP contribution >= 0.6 is 0 Å². The zero-order chi connectivity index (χ0) is 36.2. The van der Waals surface area contributed by atoms with Gasteiger partial charge in [0.1, 0.15) is 28.6 Å². The van der Waals surface area contributed by atoms with Gasteiger partial charge in [-0.1, -0.05) is 13.8 Å². The Morgan fingerprint density at radius 2 is 1.88 bits per heavy atom. The molecule has 1 aliphatic carbocycles. The summed E-state index contributed by atoms with van der Waals surface area (Å²) in [5.74, 6) is 0.758. The van der Waals surface area contributed by atoms with Crippen LogP contribution in [0.3, 0.4) is 0 Å². The smallest absolute Gasteiger partial charge is 0.410 e. The molecule has 7 rings (SSSR count). The number of hydrogen-bond acceptors (Lipinski definition) is 9. The average molecular weight is 695 g/mol. The van der Waals surface area contributed by atoms with Crippen molar-refractivity contribution in [2.75, 3.05) is 41.3 Å². The van der Waals surface area contributed by atoms with E-state index >= 15 is 0 Å². The number of aliphatic hydroxyl groups excluding tert-OH is 1. The van der Waals surface area contributed by atoms with E-state index < -0.39 is 5.60 Å². The molecule has 6 heterocycles. The lowest BCUT2D eigenvalue weighted by Gasteiger charge is -2.41. The van der Waals surface area contributed by atoms with Gasteiger partial charge < -0.3 is 34.5 Å². The first-order valence-electron chi connectivity index (χ1n) is 17.5. The number of aromatic nitrogens is 4. The van der Waals surface area contributed by atoms with E-state index in [9.17, 15) is 19.5 Å². The topological polar surface area (TPSA) is 149 Å². The van der Waals surface area contributed by atoms with E-state index in [2.05, 4.69) is 50.5 Å². The van der Waals surface area contributed by atoms with Crippen molar-refractivity contribution in [3.8, 4) is 11.1 Å². The van der Waals surface area contributed by atoms with E-state index in [1.807, 2.05) is 39.0 Å². The highest BCUT2D eigenvalue weighted by Crippen LogP contribution is 2.40. The van der Waals surface area contributed by atoms with Crippen LogP contribution in [0.5, 0.6) is 0 Å². The number of aromatic amines is 1. The van der Waals surface area contributed by atoms with E-state index in [0.29, 0.717) is 66.7 Å². The maximum atomic E-state index is 13.8. The lowest BCUT2D eigenvalue weighted by atomic mass is 9.90. The van der Waals surface area contributed by atoms with Crippen molar-refractivity contribution in [1.82, 2.24) is 24.4 Å². The number of rotatable bonds is 6. The maximum Gasteiger partial charge on any atom is 0.410 e. The van der Waals surface area contributed by atoms with Gasteiger partial charge in [-0.15, -0.1) is 0 Å². The zero-order valence-corrected chi connectivity index (χ0v) is 30.1. The number of H-pyrrole nitrogens is 1. The third-order valence-electron chi connectivity index (χ3n) is 9.91. The van der Waals surface area contributed by atoms with E-state index in [-0.39, 0.29) is 41.3 Å². The van der Waals surface area contributed by atoms with E-state index in [1.165, 1.54) is 11.3 Å². The fourth-order valence-corrected chi connectivity index (χ4v) is 7.59. The molecule has 0 saturated carbocycles. The largest absolute Gasteiger partial charge is 0.444 e. The third-order valence-corrected chi connectivity index (χ3v) is 9.91. The summed E-state index contributed by atoms with van der Waals surface area (Å²) in [6.45, 7) is 14.6. The highest BCUT2D eigenvalue weighted by atomic mass is 16.6. The molecule has 51 heavy (non-hydrogen) atoms. The number of pyridine rings is 3. The number of nitrogens with zero attached hydrogens (tertiary/aromatic N) is 6. The number of aliphatic hydroxyl groups is 1. The van der Waals surface area contributed by atoms with Crippen LogP contribution in [0.4, 0.5) is 27.8 Å². The van der Waals surface area contributed by atoms with Crippen molar-refractivity contribution in [3.05, 3.63) is 81.8 Å². The molecule has 1 fully saturated rings. The van der Waals surface area contributed by atoms with Gasteiger partial charge in [0, 0.05) is 68.0 Å². The van der Waals surface area contributed by atoms with Gasteiger partial charge in [0.2, 0.25) is 0 Å². The van der Waals surface area contributed by atoms with Crippen LogP contribution in [0.1, 0.15) is 68.9 Å². The minimum Gasteiger partial charge on any atom is -0.444 e. The second kappa shape index (κ2) is 12.9. The zero-order valence-electron chi connectivity index (χ0n) is 30.1. The Hall–Kier alpha value is -5.17. The fraction of sp³-hybridized carbons (Fsp3) is 0.447. The predicted octanol–water partition coefficient (Wildman–Crippen LogP) is 5.10. The van der Waals surface area contributed by atoms with Gasteiger partial charge in [-0.2, -0.15) is 0 Å². The molecule has 4 aromatic rings. The van der Waals surface area contributed by atoms with Crippen LogP contribution in [0, 0.1) is 5.41 Å². The summed E-state index contributed by atoms with van der Waals surface area (Å²) in [7, 11) is 0. The predicted molar refractivity (Wildman–Crippen MR) is 196 cm³/mol. The summed E-state index contributed by atoms with van der Waals surface area (Å²) in [5.41, 5.74) is 5.43. The molecule has 268 valence electrons. The number of piperazine rings is 1. The van der Waals surface area contributed by atoms with Crippen LogP contribution in [-0.2, 0) is 30.7 Å². The van der Waals surface area contributed by atoms with Crippen molar-refractivity contribution in [1.29, 1.82) is 0 Å². The summed E-state index contributed by atoms with van der Waals surface area (Å²) in [6, 6.07) is 9.31. The minimum absolute atomic E-state index is 0.0521. The molecule has 1 atom stereocenters. The summed E-state index contributed by atoms with van der Waals surface area (Å²) in [6.07, 6.45) is 6.55. The summed E-state index contributed by atoms with van der Waals surface area (Å²) < 4.78 is 7.70. The normalized spacial score (nSPS) is 18.5. The molecule has 0 bridgehead atoms. The van der Waals surface area contributed by atoms with Gasteiger partial charge in [0.15, 0.2) is 0 Å². The molecule has 0 spiro atoms.